The summed E-state index contributed by atoms with van der Waals surface area (Å²) >= 11 is 0. The van der Waals surface area contributed by atoms with Crippen LogP contribution in [0.25, 0.3) is 11.4 Å². The molecule has 0 aliphatic carbocycles. The maximum atomic E-state index is 12.6. The van der Waals surface area contributed by atoms with Gasteiger partial charge in [0.15, 0.2) is 5.82 Å². The fourth-order valence-electron chi connectivity index (χ4n) is 2.39. The van der Waals surface area contributed by atoms with Gasteiger partial charge in [-0.3, -0.25) is 4.72 Å². The molecule has 10 heteroatoms. The van der Waals surface area contributed by atoms with E-state index in [1.807, 2.05) is 0 Å². The quantitative estimate of drug-likeness (QED) is 0.642. The molecule has 1 heterocycles. The van der Waals surface area contributed by atoms with Crippen molar-refractivity contribution in [3.8, 4) is 11.4 Å². The largest absolute Gasteiger partial charge is 0.462 e. The van der Waals surface area contributed by atoms with Gasteiger partial charge in [-0.15, -0.1) is 5.10 Å². The molecule has 2 aromatic carbocycles. The van der Waals surface area contributed by atoms with Gasteiger partial charge < -0.3 is 4.74 Å². The van der Waals surface area contributed by atoms with Crippen LogP contribution in [0.1, 0.15) is 17.3 Å². The number of esters is 1. The third-order valence-electron chi connectivity index (χ3n) is 3.67. The van der Waals surface area contributed by atoms with Gasteiger partial charge in [0.1, 0.15) is 0 Å². The summed E-state index contributed by atoms with van der Waals surface area (Å²) in [6, 6.07) is 12.3. The average molecular weight is 387 g/mol. The van der Waals surface area contributed by atoms with Crippen molar-refractivity contribution in [1.82, 2.24) is 20.2 Å². The number of benzene rings is 2. The van der Waals surface area contributed by atoms with Crippen molar-refractivity contribution in [2.24, 2.45) is 7.05 Å². The van der Waals surface area contributed by atoms with E-state index < -0.39 is 16.0 Å². The summed E-state index contributed by atoms with van der Waals surface area (Å²) in [4.78, 5) is 11.7. The molecular weight excluding hydrogens is 370 g/mol. The molecule has 1 N–H and O–H groups in total. The fourth-order valence-corrected chi connectivity index (χ4v) is 3.44. The van der Waals surface area contributed by atoms with E-state index in [1.165, 1.54) is 28.9 Å². The predicted octanol–water partition coefficient (Wildman–Crippen LogP) is 1.85. The highest BCUT2D eigenvalue weighted by atomic mass is 32.2. The smallest absolute Gasteiger partial charge is 0.338 e. The first kappa shape index (κ1) is 18.5. The van der Waals surface area contributed by atoms with E-state index in [2.05, 4.69) is 20.2 Å². The SMILES string of the molecule is CCOC(=O)c1ccc(S(=O)(=O)Nc2cccc(-c3nnnn3C)c2)cc1. The molecule has 0 aliphatic heterocycles. The lowest BCUT2D eigenvalue weighted by molar-refractivity contribution is 0.0526. The Balaban J connectivity index is 1.83. The number of hydrogen-bond acceptors (Lipinski definition) is 7. The number of ether oxygens (including phenoxy) is 1. The Hall–Kier alpha value is -3.27. The molecule has 0 saturated heterocycles. The Bertz CT molecular complexity index is 1060. The van der Waals surface area contributed by atoms with E-state index in [1.54, 1.807) is 38.2 Å². The molecule has 0 atom stereocenters. The Morgan fingerprint density at radius 2 is 1.93 bits per heavy atom. The summed E-state index contributed by atoms with van der Waals surface area (Å²) in [7, 11) is -2.13. The first-order valence-corrected chi connectivity index (χ1v) is 9.52. The van der Waals surface area contributed by atoms with Crippen LogP contribution in [-0.4, -0.2) is 41.2 Å². The van der Waals surface area contributed by atoms with Gasteiger partial charge in [-0.25, -0.2) is 17.9 Å². The summed E-state index contributed by atoms with van der Waals surface area (Å²) in [6.07, 6.45) is 0. The van der Waals surface area contributed by atoms with Gasteiger partial charge in [0.05, 0.1) is 17.1 Å². The lowest BCUT2D eigenvalue weighted by Crippen LogP contribution is -2.13. The van der Waals surface area contributed by atoms with Gasteiger partial charge in [-0.2, -0.15) is 0 Å². The van der Waals surface area contributed by atoms with E-state index in [-0.39, 0.29) is 17.1 Å². The molecule has 9 nitrogen and oxygen atoms in total. The number of carbonyl (C=O) groups is 1. The van der Waals surface area contributed by atoms with E-state index in [4.69, 9.17) is 4.74 Å². The zero-order chi connectivity index (χ0) is 19.4. The van der Waals surface area contributed by atoms with Crippen LogP contribution in [0.4, 0.5) is 5.69 Å². The van der Waals surface area contributed by atoms with Crippen molar-refractivity contribution in [2.45, 2.75) is 11.8 Å². The number of tetrazole rings is 1. The molecule has 0 radical (unpaired) electrons. The first-order chi connectivity index (χ1) is 12.9. The number of aromatic nitrogens is 4. The van der Waals surface area contributed by atoms with Gasteiger partial charge in [0, 0.05) is 18.3 Å². The minimum absolute atomic E-state index is 0.0290. The van der Waals surface area contributed by atoms with Gasteiger partial charge in [0.2, 0.25) is 0 Å². The highest BCUT2D eigenvalue weighted by Gasteiger charge is 2.16. The van der Waals surface area contributed by atoms with E-state index in [9.17, 15) is 13.2 Å². The first-order valence-electron chi connectivity index (χ1n) is 8.03. The summed E-state index contributed by atoms with van der Waals surface area (Å²) < 4.78 is 34.1. The van der Waals surface area contributed by atoms with Crippen LogP contribution in [0.2, 0.25) is 0 Å². The molecule has 0 saturated carbocycles. The molecule has 0 amide bonds. The minimum atomic E-state index is -3.82. The fraction of sp³-hybridized carbons (Fsp3) is 0.176. The summed E-state index contributed by atoms with van der Waals surface area (Å²) in [5, 5.41) is 11.2. The van der Waals surface area contributed by atoms with E-state index in [0.717, 1.165) is 0 Å². The summed E-state index contributed by atoms with van der Waals surface area (Å²) in [5.41, 5.74) is 1.32. The number of hydrogen-bond donors (Lipinski definition) is 1. The van der Waals surface area contributed by atoms with Crippen LogP contribution < -0.4 is 4.72 Å². The highest BCUT2D eigenvalue weighted by molar-refractivity contribution is 7.92. The molecule has 3 rings (SSSR count). The maximum Gasteiger partial charge on any atom is 0.338 e. The third kappa shape index (κ3) is 4.11. The number of nitrogens with one attached hydrogen (secondary N) is 1. The monoisotopic (exact) mass is 387 g/mol. The predicted molar refractivity (Wildman–Crippen MR) is 97.4 cm³/mol. The Labute approximate surface area is 156 Å². The normalized spacial score (nSPS) is 11.2. The maximum absolute atomic E-state index is 12.6. The van der Waals surface area contributed by atoms with Crippen LogP contribution in [-0.2, 0) is 21.8 Å². The lowest BCUT2D eigenvalue weighted by atomic mass is 10.2. The number of aryl methyl sites for hydroxylation is 1. The second-order valence-corrected chi connectivity index (χ2v) is 7.24. The number of carbonyl (C=O) groups excluding carboxylic acids is 1. The van der Waals surface area contributed by atoms with Crippen LogP contribution in [0, 0.1) is 0 Å². The van der Waals surface area contributed by atoms with Crippen LogP contribution in [0.3, 0.4) is 0 Å². The van der Waals surface area contributed by atoms with Gasteiger partial charge in [-0.1, -0.05) is 12.1 Å². The molecule has 3 aromatic rings. The number of anilines is 1. The molecule has 27 heavy (non-hydrogen) atoms. The van der Waals surface area contributed by atoms with E-state index in [0.29, 0.717) is 17.1 Å². The van der Waals surface area contributed by atoms with Crippen molar-refractivity contribution in [2.75, 3.05) is 11.3 Å². The molecule has 140 valence electrons. The lowest BCUT2D eigenvalue weighted by Gasteiger charge is -2.10. The van der Waals surface area contributed by atoms with Crippen molar-refractivity contribution in [3.63, 3.8) is 0 Å². The molecule has 0 unspecified atom stereocenters. The van der Waals surface area contributed by atoms with Crippen molar-refractivity contribution >= 4 is 21.7 Å². The molecule has 0 fully saturated rings. The van der Waals surface area contributed by atoms with Gasteiger partial charge in [0.25, 0.3) is 10.0 Å². The minimum Gasteiger partial charge on any atom is -0.462 e. The van der Waals surface area contributed by atoms with Crippen LogP contribution in [0.15, 0.2) is 53.4 Å². The van der Waals surface area contributed by atoms with Crippen LogP contribution in [0.5, 0.6) is 0 Å². The standard InChI is InChI=1S/C17H17N5O4S/c1-3-26-17(23)12-7-9-15(10-8-12)27(24,25)19-14-6-4-5-13(11-14)16-18-20-21-22(16)2/h4-11,19H,3H2,1-2H3. The Morgan fingerprint density at radius 3 is 2.56 bits per heavy atom. The molecule has 0 bridgehead atoms. The molecule has 0 spiro atoms. The van der Waals surface area contributed by atoms with Crippen LogP contribution >= 0.6 is 0 Å². The molecule has 0 aliphatic rings. The second kappa shape index (κ2) is 7.54. The topological polar surface area (TPSA) is 116 Å². The molecular formula is C17H17N5O4S. The van der Waals surface area contributed by atoms with Crippen molar-refractivity contribution in [3.05, 3.63) is 54.1 Å². The zero-order valence-electron chi connectivity index (χ0n) is 14.7. The Morgan fingerprint density at radius 1 is 1.19 bits per heavy atom. The van der Waals surface area contributed by atoms with Gasteiger partial charge in [-0.05, 0) is 53.7 Å². The summed E-state index contributed by atoms with van der Waals surface area (Å²) in [5.74, 6) is 0.00855. The number of rotatable bonds is 6. The number of nitrogens with zero attached hydrogens (tertiary/aromatic N) is 4. The highest BCUT2D eigenvalue weighted by Crippen LogP contribution is 2.22. The van der Waals surface area contributed by atoms with E-state index >= 15 is 0 Å². The average Bonchev–Trinajstić information content (AvgIpc) is 3.08. The van der Waals surface area contributed by atoms with Gasteiger partial charge >= 0.3 is 5.97 Å². The Kier molecular flexibility index (Phi) is 5.17. The summed E-state index contributed by atoms with van der Waals surface area (Å²) in [6.45, 7) is 1.95. The third-order valence-corrected chi connectivity index (χ3v) is 5.07. The zero-order valence-corrected chi connectivity index (χ0v) is 15.5. The number of sulfonamides is 1. The second-order valence-electron chi connectivity index (χ2n) is 5.56. The van der Waals surface area contributed by atoms with Crippen molar-refractivity contribution < 1.29 is 17.9 Å². The van der Waals surface area contributed by atoms with Crippen molar-refractivity contribution in [1.29, 1.82) is 0 Å². The molecule has 1 aromatic heterocycles.